The lowest BCUT2D eigenvalue weighted by Gasteiger charge is -2.35. The molecule has 5 heteroatoms. The summed E-state index contributed by atoms with van der Waals surface area (Å²) in [6, 6.07) is -5.83. The number of para-hydroxylation sites is 1. The highest BCUT2D eigenvalue weighted by molar-refractivity contribution is 6.31. The molecule has 1 fully saturated rings. The molecule has 2 aliphatic heterocycles. The van der Waals surface area contributed by atoms with E-state index in [4.69, 9.17) is 36.3 Å². The number of likely N-dealkylation sites (N-methyl/N-ethyl adjacent to an activating group) is 1. The number of anilines is 1. The molecule has 23 heavy (non-hydrogen) atoms. The Balaban J connectivity index is 2.29. The van der Waals surface area contributed by atoms with Gasteiger partial charge in [-0.25, -0.2) is 4.99 Å². The third-order valence-electron chi connectivity index (χ3n) is 2.90. The number of piperazine rings is 1. The van der Waals surface area contributed by atoms with Crippen LogP contribution in [0.25, 0.3) is 5.82 Å². The van der Waals surface area contributed by atoms with Crippen LogP contribution in [0.1, 0.15) is 24.7 Å². The fraction of sp³-hybridized carbons (Fsp3) is 0.278. The van der Waals surface area contributed by atoms with Crippen LogP contribution >= 0.6 is 11.6 Å². The van der Waals surface area contributed by atoms with E-state index in [0.717, 1.165) is 0 Å². The van der Waals surface area contributed by atoms with Gasteiger partial charge < -0.3 is 15.1 Å². The Morgan fingerprint density at radius 2 is 2.04 bits per heavy atom. The Labute approximate surface area is 166 Å². The molecule has 2 heterocycles. The minimum atomic E-state index is -3.84. The van der Waals surface area contributed by atoms with Crippen LogP contribution in [-0.2, 0) is 0 Å². The smallest absolute Gasteiger partial charge is 0.116 e. The predicted molar refractivity (Wildman–Crippen MR) is 94.4 cm³/mol. The van der Waals surface area contributed by atoms with Crippen molar-refractivity contribution in [1.29, 1.82) is 0 Å². The molecule has 0 amide bonds. The van der Waals surface area contributed by atoms with Gasteiger partial charge in [-0.15, -0.1) is 0 Å². The maximum Gasteiger partial charge on any atom is 0.116 e. The molecule has 118 valence electrons. The van der Waals surface area contributed by atoms with E-state index in [1.54, 1.807) is 0 Å². The van der Waals surface area contributed by atoms with Gasteiger partial charge in [0.1, 0.15) is 5.82 Å². The minimum Gasteiger partial charge on any atom is -0.355 e. The number of fused-ring (bicyclic) bond motifs is 2. The van der Waals surface area contributed by atoms with E-state index in [-0.39, 0.29) is 4.90 Å². The van der Waals surface area contributed by atoms with Crippen molar-refractivity contribution < 1.29 is 24.7 Å². The van der Waals surface area contributed by atoms with Gasteiger partial charge in [0.15, 0.2) is 0 Å². The molecule has 0 radical (unpaired) electrons. The molecular formula is C18H19ClN4. The summed E-state index contributed by atoms with van der Waals surface area (Å²) in [5, 5.41) is 0.203. The van der Waals surface area contributed by atoms with Crippen molar-refractivity contribution in [2.75, 3.05) is 38.3 Å². The highest BCUT2D eigenvalue weighted by atomic mass is 35.5. The molecule has 0 aliphatic carbocycles. The number of nitrogens with zero attached hydrogens (tertiary/aromatic N) is 3. The molecule has 1 saturated heterocycles. The van der Waals surface area contributed by atoms with Gasteiger partial charge in [-0.05, 0) is 37.2 Å². The second-order valence-electron chi connectivity index (χ2n) is 4.34. The molecule has 0 saturated carbocycles. The van der Waals surface area contributed by atoms with Crippen molar-refractivity contribution in [1.82, 2.24) is 9.80 Å². The van der Waals surface area contributed by atoms with Crippen molar-refractivity contribution in [3.63, 3.8) is 0 Å². The first kappa shape index (κ1) is 4.74. The Morgan fingerprint density at radius 1 is 1.22 bits per heavy atom. The third-order valence-corrected chi connectivity index (χ3v) is 3.09. The van der Waals surface area contributed by atoms with Crippen LogP contribution in [0.2, 0.25) is 5.02 Å². The standard InChI is InChI=1S/C18H19ClN4/c1-22-8-10-23(11-9-22)18-14-4-2-3-5-15(14)20-16-7-6-13(19)12-17(16)21-18/h2-7,12,21H,8-11H2,1H3/i1D3,2D,3D,4D,5D,6D,7D,8D2,9D2,10D2,11D2,12D. The Morgan fingerprint density at radius 3 is 2.87 bits per heavy atom. The van der Waals surface area contributed by atoms with Gasteiger partial charge in [0.05, 0.1) is 31.8 Å². The molecule has 4 rings (SSSR count). The Bertz CT molecular complexity index is 1590. The van der Waals surface area contributed by atoms with Gasteiger partial charge in [0, 0.05) is 45.8 Å². The lowest BCUT2D eigenvalue weighted by molar-refractivity contribution is 0.206. The molecule has 2 aromatic carbocycles. The number of benzene rings is 2. The van der Waals surface area contributed by atoms with Crippen molar-refractivity contribution in [2.45, 2.75) is 0 Å². The number of hydrogen-bond donors (Lipinski definition) is 1. The Hall–Kier alpha value is -2.04. The van der Waals surface area contributed by atoms with Gasteiger partial charge in [-0.3, -0.25) is 0 Å². The SMILES string of the molecule is [2H]c1c([2H])c2c(c([2H])c1Cl)NC(N1C([2H])([2H])C([2H])([2H])N(C([2H])([2H])[2H])C([2H])([2H])C1([2H])[2H])=c1c([2H])c([2H])c([2H])c([2H])c1=N2. The van der Waals surface area contributed by atoms with Crippen LogP contribution in [0.4, 0.5) is 11.4 Å². The topological polar surface area (TPSA) is 30.9 Å². The quantitative estimate of drug-likeness (QED) is 0.858. The van der Waals surface area contributed by atoms with E-state index in [0.29, 0.717) is 0 Å². The van der Waals surface area contributed by atoms with Crippen LogP contribution in [0.5, 0.6) is 0 Å². The second-order valence-corrected chi connectivity index (χ2v) is 4.72. The van der Waals surface area contributed by atoms with Gasteiger partial charge in [-0.2, -0.15) is 0 Å². The molecule has 2 aromatic rings. The molecule has 0 aromatic heterocycles. The van der Waals surface area contributed by atoms with Crippen molar-refractivity contribution in [3.05, 3.63) is 57.9 Å². The van der Waals surface area contributed by atoms with Crippen LogP contribution in [0.3, 0.4) is 0 Å². The highest BCUT2D eigenvalue weighted by Gasteiger charge is 2.19. The fourth-order valence-corrected chi connectivity index (χ4v) is 2.08. The summed E-state index contributed by atoms with van der Waals surface area (Å²) < 4.78 is 149. The third kappa shape index (κ3) is 2.80. The molecule has 0 spiro atoms. The summed E-state index contributed by atoms with van der Waals surface area (Å²) >= 11 is 6.03. The monoisotopic (exact) mass is 344 g/mol. The summed E-state index contributed by atoms with van der Waals surface area (Å²) in [7, 11) is 0. The van der Waals surface area contributed by atoms with E-state index in [1.807, 2.05) is 0 Å². The van der Waals surface area contributed by atoms with Gasteiger partial charge >= 0.3 is 0 Å². The summed E-state index contributed by atoms with van der Waals surface area (Å²) in [5.41, 5.74) is -1.19. The molecule has 2 aliphatic rings. The van der Waals surface area contributed by atoms with E-state index in [1.165, 1.54) is 0 Å². The summed E-state index contributed by atoms with van der Waals surface area (Å²) in [6.45, 7) is -19.0. The van der Waals surface area contributed by atoms with E-state index in [2.05, 4.69) is 10.3 Å². The van der Waals surface area contributed by atoms with E-state index in [9.17, 15) is 0 Å². The molecule has 0 unspecified atom stereocenters. The normalized spacial score (nSPS) is 38.3. The van der Waals surface area contributed by atoms with E-state index < -0.39 is 113 Å². The molecule has 0 atom stereocenters. The highest BCUT2D eigenvalue weighted by Crippen LogP contribution is 2.30. The number of hydrogen-bond acceptors (Lipinski definition) is 4. The summed E-state index contributed by atoms with van der Waals surface area (Å²) in [4.78, 5) is 3.32. The molecule has 1 N–H and O–H groups in total. The summed E-state index contributed by atoms with van der Waals surface area (Å²) in [6.07, 6.45) is 0. The van der Waals surface area contributed by atoms with Crippen LogP contribution in [-0.4, -0.2) is 42.8 Å². The first-order valence-corrected chi connectivity index (χ1v) is 6.61. The molecular weight excluding hydrogens is 308 g/mol. The van der Waals surface area contributed by atoms with E-state index >= 15 is 0 Å². The largest absolute Gasteiger partial charge is 0.355 e. The minimum absolute atomic E-state index is 0.169. The van der Waals surface area contributed by atoms with Gasteiger partial charge in [0.25, 0.3) is 0 Å². The predicted octanol–water partition coefficient (Wildman–Crippen LogP) is 2.03. The maximum absolute atomic E-state index is 8.65. The molecule has 4 nitrogen and oxygen atoms in total. The zero-order valence-corrected chi connectivity index (χ0v) is 12.0. The zero-order chi connectivity index (χ0) is 31.6. The maximum atomic E-state index is 8.65. The first-order chi connectivity index (χ1) is 18.4. The van der Waals surface area contributed by atoms with Gasteiger partial charge in [0.2, 0.25) is 0 Å². The van der Waals surface area contributed by atoms with Crippen LogP contribution in [0.15, 0.2) is 47.3 Å². The van der Waals surface area contributed by atoms with Crippen LogP contribution in [0, 0.1) is 0 Å². The average molecular weight is 345 g/mol. The average Bonchev–Trinajstić information content (AvgIpc) is 2.99. The lowest BCUT2D eigenvalue weighted by Crippen LogP contribution is -2.47. The summed E-state index contributed by atoms with van der Waals surface area (Å²) in [5.74, 6) is -1.07. The van der Waals surface area contributed by atoms with Crippen molar-refractivity contribution in [3.8, 4) is 0 Å². The van der Waals surface area contributed by atoms with Crippen LogP contribution < -0.4 is 15.9 Å². The Kier molecular flexibility index (Phi) is 1.21. The van der Waals surface area contributed by atoms with Gasteiger partial charge in [-0.1, -0.05) is 23.7 Å². The zero-order valence-electron chi connectivity index (χ0n) is 29.2. The van der Waals surface area contributed by atoms with Crippen molar-refractivity contribution >= 4 is 28.8 Å². The number of halogens is 1. The molecule has 0 bridgehead atoms. The number of nitrogens with one attached hydrogen (secondary N) is 1. The number of rotatable bonds is 1. The lowest BCUT2D eigenvalue weighted by atomic mass is 10.2. The first-order valence-electron chi connectivity index (χ1n) is 15.2. The van der Waals surface area contributed by atoms with Crippen molar-refractivity contribution in [2.24, 2.45) is 4.99 Å². The fourth-order valence-electron chi connectivity index (χ4n) is 1.94. The second kappa shape index (κ2) is 5.87.